The lowest BCUT2D eigenvalue weighted by Gasteiger charge is -2.07. The number of hydrogen-bond donors (Lipinski definition) is 3. The van der Waals surface area contributed by atoms with Gasteiger partial charge >= 0.3 is 0 Å². The van der Waals surface area contributed by atoms with Crippen LogP contribution in [0.3, 0.4) is 0 Å². The summed E-state index contributed by atoms with van der Waals surface area (Å²) in [5, 5.41) is 12.1. The van der Waals surface area contributed by atoms with Crippen LogP contribution in [0.5, 0.6) is 5.75 Å². The van der Waals surface area contributed by atoms with Crippen molar-refractivity contribution in [2.24, 2.45) is 5.73 Å². The van der Waals surface area contributed by atoms with E-state index in [0.29, 0.717) is 18.9 Å². The monoisotopic (exact) mass is 355 g/mol. The predicted octanol–water partition coefficient (Wildman–Crippen LogP) is 1.64. The Hall–Kier alpha value is -3.13. The van der Waals surface area contributed by atoms with Crippen molar-refractivity contribution in [3.8, 4) is 5.75 Å². The molecule has 0 aliphatic carbocycles. The number of aromatic hydroxyl groups is 1. The van der Waals surface area contributed by atoms with Gasteiger partial charge in [-0.25, -0.2) is 9.97 Å². The fraction of sp³-hybridized carbons (Fsp3) is 0.278. The second-order valence-electron chi connectivity index (χ2n) is 5.96. The molecule has 8 heteroatoms. The second kappa shape index (κ2) is 8.30. The molecule has 0 bridgehead atoms. The summed E-state index contributed by atoms with van der Waals surface area (Å²) in [5.41, 5.74) is 7.25. The number of nitrogens with one attached hydrogen (secondary N) is 1. The largest absolute Gasteiger partial charge is 0.508 e. The smallest absolute Gasteiger partial charge is 0.273 e. The molecule has 3 aromatic rings. The molecule has 2 heterocycles. The minimum Gasteiger partial charge on any atom is -0.508 e. The number of imidazole rings is 1. The number of rotatable bonds is 8. The number of carbonyl (C=O) groups excluding carboxylic acids is 1. The van der Waals surface area contributed by atoms with Gasteiger partial charge in [0.1, 0.15) is 12.0 Å². The van der Waals surface area contributed by atoms with Crippen LogP contribution >= 0.6 is 0 Å². The van der Waals surface area contributed by atoms with Gasteiger partial charge in [-0.1, -0.05) is 12.1 Å². The van der Waals surface area contributed by atoms with E-state index in [9.17, 15) is 9.90 Å². The number of oxazole rings is 1. The molecule has 1 amide bonds. The van der Waals surface area contributed by atoms with Gasteiger partial charge in [0.15, 0.2) is 5.69 Å². The number of phenolic OH excluding ortho intramolecular Hbond substituents is 1. The number of nitrogens with two attached hydrogens (primary N) is 1. The first-order valence-electron chi connectivity index (χ1n) is 8.34. The zero-order valence-corrected chi connectivity index (χ0v) is 14.2. The maximum Gasteiger partial charge on any atom is 0.273 e. The molecule has 1 unspecified atom stereocenters. The van der Waals surface area contributed by atoms with Crippen LogP contribution in [0.4, 0.5) is 0 Å². The predicted molar refractivity (Wildman–Crippen MR) is 94.4 cm³/mol. The molecule has 1 atom stereocenters. The lowest BCUT2D eigenvalue weighted by Crippen LogP contribution is -2.25. The Morgan fingerprint density at radius 2 is 2.15 bits per heavy atom. The summed E-state index contributed by atoms with van der Waals surface area (Å²) in [6.07, 6.45) is 7.93. The number of aryl methyl sites for hydroxylation is 1. The second-order valence-corrected chi connectivity index (χ2v) is 5.96. The Morgan fingerprint density at radius 1 is 1.35 bits per heavy atom. The summed E-state index contributed by atoms with van der Waals surface area (Å²) in [6, 6.07) is 6.29. The van der Waals surface area contributed by atoms with E-state index in [0.717, 1.165) is 18.5 Å². The van der Waals surface area contributed by atoms with Crippen LogP contribution in [-0.2, 0) is 13.0 Å². The van der Waals surface area contributed by atoms with E-state index in [4.69, 9.17) is 10.2 Å². The van der Waals surface area contributed by atoms with Gasteiger partial charge < -0.3 is 25.1 Å². The van der Waals surface area contributed by atoms with E-state index < -0.39 is 6.04 Å². The average Bonchev–Trinajstić information content (AvgIpc) is 3.32. The number of nitrogens with zero attached hydrogens (tertiary/aromatic N) is 3. The summed E-state index contributed by atoms with van der Waals surface area (Å²) < 4.78 is 7.30. The third-order valence-corrected chi connectivity index (χ3v) is 3.90. The standard InChI is InChI=1S/C18H21N5O3/c19-15(10-13-2-4-14(24)5-3-13)18-22-16(11-26-18)17(25)21-6-1-8-23-9-7-20-12-23/h2-5,7,9,11-12,15,24H,1,6,8,10,19H2,(H,21,25). The average molecular weight is 355 g/mol. The van der Waals surface area contributed by atoms with Gasteiger partial charge in [0, 0.05) is 25.5 Å². The van der Waals surface area contributed by atoms with Crippen LogP contribution in [0, 0.1) is 0 Å². The summed E-state index contributed by atoms with van der Waals surface area (Å²) in [4.78, 5) is 20.3. The maximum absolute atomic E-state index is 12.1. The van der Waals surface area contributed by atoms with Crippen molar-refractivity contribution in [3.63, 3.8) is 0 Å². The Morgan fingerprint density at radius 3 is 2.88 bits per heavy atom. The van der Waals surface area contributed by atoms with Crippen LogP contribution in [0.15, 0.2) is 53.7 Å². The first kappa shape index (κ1) is 17.7. The minimum absolute atomic E-state index is 0.199. The first-order chi connectivity index (χ1) is 12.6. The first-order valence-corrected chi connectivity index (χ1v) is 8.34. The SMILES string of the molecule is NC(Cc1ccc(O)cc1)c1nc(C(=O)NCCCn2ccnc2)co1. The van der Waals surface area contributed by atoms with E-state index in [-0.39, 0.29) is 17.4 Å². The van der Waals surface area contributed by atoms with Crippen LogP contribution in [-0.4, -0.2) is 32.1 Å². The molecule has 0 spiro atoms. The molecule has 136 valence electrons. The molecule has 4 N–H and O–H groups in total. The summed E-state index contributed by atoms with van der Waals surface area (Å²) >= 11 is 0. The molecular formula is C18H21N5O3. The number of carbonyl (C=O) groups is 1. The molecule has 0 aliphatic rings. The number of benzene rings is 1. The summed E-state index contributed by atoms with van der Waals surface area (Å²) in [6.45, 7) is 1.31. The Bertz CT molecular complexity index is 827. The van der Waals surface area contributed by atoms with Crippen molar-refractivity contribution in [3.05, 3.63) is 66.4 Å². The van der Waals surface area contributed by atoms with Gasteiger partial charge in [-0.2, -0.15) is 0 Å². The Balaban J connectivity index is 1.48. The van der Waals surface area contributed by atoms with Gasteiger partial charge in [-0.05, 0) is 30.5 Å². The summed E-state index contributed by atoms with van der Waals surface area (Å²) in [5.74, 6) is 0.217. The lowest BCUT2D eigenvalue weighted by atomic mass is 10.1. The summed E-state index contributed by atoms with van der Waals surface area (Å²) in [7, 11) is 0. The molecular weight excluding hydrogens is 334 g/mol. The fourth-order valence-electron chi connectivity index (χ4n) is 2.51. The number of phenols is 1. The Kier molecular flexibility index (Phi) is 5.65. The molecule has 26 heavy (non-hydrogen) atoms. The quantitative estimate of drug-likeness (QED) is 0.529. The van der Waals surface area contributed by atoms with Crippen molar-refractivity contribution in [2.45, 2.75) is 25.4 Å². The zero-order valence-electron chi connectivity index (χ0n) is 14.2. The van der Waals surface area contributed by atoms with E-state index in [1.165, 1.54) is 6.26 Å². The molecule has 2 aromatic heterocycles. The molecule has 3 rings (SSSR count). The lowest BCUT2D eigenvalue weighted by molar-refractivity contribution is 0.0947. The molecule has 0 fully saturated rings. The van der Waals surface area contributed by atoms with Crippen LogP contribution < -0.4 is 11.1 Å². The van der Waals surface area contributed by atoms with Gasteiger partial charge in [-0.15, -0.1) is 0 Å². The molecule has 1 aromatic carbocycles. The number of aromatic nitrogens is 3. The number of amides is 1. The van der Waals surface area contributed by atoms with E-state index in [1.807, 2.05) is 10.8 Å². The van der Waals surface area contributed by atoms with E-state index in [1.54, 1.807) is 36.8 Å². The molecule has 0 radical (unpaired) electrons. The zero-order chi connectivity index (χ0) is 18.4. The number of hydrogen-bond acceptors (Lipinski definition) is 6. The normalized spacial score (nSPS) is 12.0. The fourth-order valence-corrected chi connectivity index (χ4v) is 2.51. The third-order valence-electron chi connectivity index (χ3n) is 3.90. The van der Waals surface area contributed by atoms with E-state index in [2.05, 4.69) is 15.3 Å². The topological polar surface area (TPSA) is 119 Å². The highest BCUT2D eigenvalue weighted by molar-refractivity contribution is 5.91. The highest BCUT2D eigenvalue weighted by Crippen LogP contribution is 2.18. The third kappa shape index (κ3) is 4.70. The molecule has 8 nitrogen and oxygen atoms in total. The minimum atomic E-state index is -0.470. The van der Waals surface area contributed by atoms with Gasteiger partial charge in [0.2, 0.25) is 5.89 Å². The van der Waals surface area contributed by atoms with E-state index >= 15 is 0 Å². The van der Waals surface area contributed by atoms with Crippen LogP contribution in [0.2, 0.25) is 0 Å². The van der Waals surface area contributed by atoms with Crippen molar-refractivity contribution in [1.82, 2.24) is 19.9 Å². The van der Waals surface area contributed by atoms with Crippen LogP contribution in [0.25, 0.3) is 0 Å². The van der Waals surface area contributed by atoms with Crippen molar-refractivity contribution in [2.75, 3.05) is 6.54 Å². The van der Waals surface area contributed by atoms with Crippen molar-refractivity contribution >= 4 is 5.91 Å². The Labute approximate surface area is 150 Å². The van der Waals surface area contributed by atoms with Crippen molar-refractivity contribution < 1.29 is 14.3 Å². The van der Waals surface area contributed by atoms with Gasteiger partial charge in [0.05, 0.1) is 12.4 Å². The van der Waals surface area contributed by atoms with Gasteiger partial charge in [0.25, 0.3) is 5.91 Å². The van der Waals surface area contributed by atoms with Crippen LogP contribution in [0.1, 0.15) is 34.4 Å². The van der Waals surface area contributed by atoms with Crippen molar-refractivity contribution in [1.29, 1.82) is 0 Å². The van der Waals surface area contributed by atoms with Gasteiger partial charge in [-0.3, -0.25) is 4.79 Å². The maximum atomic E-state index is 12.1. The highest BCUT2D eigenvalue weighted by atomic mass is 16.3. The molecule has 0 saturated heterocycles. The highest BCUT2D eigenvalue weighted by Gasteiger charge is 2.17. The molecule has 0 saturated carbocycles. The molecule has 0 aliphatic heterocycles.